The van der Waals surface area contributed by atoms with Gasteiger partial charge in [0.05, 0.1) is 17.5 Å². The Hall–Kier alpha value is -2.00. The van der Waals surface area contributed by atoms with E-state index in [1.54, 1.807) is 24.3 Å². The van der Waals surface area contributed by atoms with Crippen LogP contribution >= 0.6 is 11.6 Å². The molecule has 0 aromatic heterocycles. The zero-order chi connectivity index (χ0) is 18.7. The number of carbonyl (C=O) groups excluding carboxylic acids is 1. The third-order valence-corrected chi connectivity index (χ3v) is 5.58. The lowest BCUT2D eigenvalue weighted by Gasteiger charge is -2.32. The molecule has 9 heteroatoms. The fraction of sp³-hybridized carbons (Fsp3) is 0.235. The number of hydrogen-bond acceptors (Lipinski definition) is 4. The summed E-state index contributed by atoms with van der Waals surface area (Å²) >= 11 is 5.86. The number of nitrogens with one attached hydrogen (secondary N) is 1. The van der Waals surface area contributed by atoms with Crippen LogP contribution in [0.4, 0.5) is 10.1 Å². The van der Waals surface area contributed by atoms with Crippen molar-refractivity contribution in [1.29, 1.82) is 0 Å². The zero-order valence-corrected chi connectivity index (χ0v) is 15.1. The highest BCUT2D eigenvalue weighted by Crippen LogP contribution is 2.21. The number of morpholine rings is 1. The Morgan fingerprint density at radius 1 is 1.15 bits per heavy atom. The molecule has 1 saturated heterocycles. The monoisotopic (exact) mass is 398 g/mol. The molecule has 1 aliphatic heterocycles. The van der Waals surface area contributed by atoms with Crippen LogP contribution < -0.4 is 9.62 Å². The highest BCUT2D eigenvalue weighted by atomic mass is 35.5. The first kappa shape index (κ1) is 18.8. The van der Waals surface area contributed by atoms with Gasteiger partial charge < -0.3 is 9.64 Å². The van der Waals surface area contributed by atoms with Gasteiger partial charge in [-0.3, -0.25) is 4.79 Å². The van der Waals surface area contributed by atoms with E-state index in [2.05, 4.69) is 4.72 Å². The lowest BCUT2D eigenvalue weighted by Crippen LogP contribution is -2.50. The van der Waals surface area contributed by atoms with Gasteiger partial charge >= 0.3 is 0 Å². The summed E-state index contributed by atoms with van der Waals surface area (Å²) in [5, 5.41) is 0.554. The van der Waals surface area contributed by atoms with Gasteiger partial charge in [-0.2, -0.15) is 0 Å². The molecule has 138 valence electrons. The Balaban J connectivity index is 1.65. The van der Waals surface area contributed by atoms with Gasteiger partial charge in [0.25, 0.3) is 5.91 Å². The fourth-order valence-corrected chi connectivity index (χ4v) is 3.71. The van der Waals surface area contributed by atoms with Crippen molar-refractivity contribution in [2.24, 2.45) is 0 Å². The number of sulfonamides is 1. The first-order chi connectivity index (χ1) is 12.3. The Labute approximate surface area is 155 Å². The van der Waals surface area contributed by atoms with Crippen LogP contribution in [0.2, 0.25) is 5.02 Å². The van der Waals surface area contributed by atoms with Crippen LogP contribution in [0.15, 0.2) is 53.4 Å². The Morgan fingerprint density at radius 3 is 2.46 bits per heavy atom. The van der Waals surface area contributed by atoms with Gasteiger partial charge in [0, 0.05) is 17.3 Å². The van der Waals surface area contributed by atoms with Crippen molar-refractivity contribution in [2.75, 3.05) is 24.6 Å². The first-order valence-corrected chi connectivity index (χ1v) is 9.64. The second-order valence-electron chi connectivity index (χ2n) is 5.72. The minimum atomic E-state index is -3.80. The average molecular weight is 399 g/mol. The molecule has 1 atom stereocenters. The third kappa shape index (κ3) is 4.39. The standard InChI is InChI=1S/C17H16ClFN2O4S/c18-12-1-5-14(6-2-12)21-10-15(25-11-17(21)22)9-20-26(23,24)16-7-3-13(19)4-8-16/h1-8,15,20H,9-11H2. The molecule has 26 heavy (non-hydrogen) atoms. The van der Waals surface area contributed by atoms with E-state index in [0.29, 0.717) is 10.7 Å². The molecule has 6 nitrogen and oxygen atoms in total. The molecule has 1 amide bonds. The maximum Gasteiger partial charge on any atom is 0.253 e. The smallest absolute Gasteiger partial charge is 0.253 e. The Bertz CT molecular complexity index is 888. The van der Waals surface area contributed by atoms with Crippen LogP contribution in [0.3, 0.4) is 0 Å². The maximum absolute atomic E-state index is 12.9. The van der Waals surface area contributed by atoms with Crippen LogP contribution in [0.25, 0.3) is 0 Å². The fourth-order valence-electron chi connectivity index (χ4n) is 2.52. The first-order valence-electron chi connectivity index (χ1n) is 7.78. The molecule has 0 bridgehead atoms. The molecule has 2 aromatic carbocycles. The van der Waals surface area contributed by atoms with Gasteiger partial charge in [0.15, 0.2) is 0 Å². The second kappa shape index (κ2) is 7.71. The molecule has 0 aliphatic carbocycles. The third-order valence-electron chi connectivity index (χ3n) is 3.89. The van der Waals surface area contributed by atoms with Crippen molar-refractivity contribution in [3.05, 3.63) is 59.4 Å². The minimum absolute atomic E-state index is 0.0168. The maximum atomic E-state index is 12.9. The van der Waals surface area contributed by atoms with E-state index in [9.17, 15) is 17.6 Å². The molecule has 1 aliphatic rings. The number of rotatable bonds is 5. The van der Waals surface area contributed by atoms with E-state index in [1.807, 2.05) is 0 Å². The number of benzene rings is 2. The van der Waals surface area contributed by atoms with E-state index in [1.165, 1.54) is 17.0 Å². The summed E-state index contributed by atoms with van der Waals surface area (Å²) in [6.45, 7) is 0.0368. The highest BCUT2D eigenvalue weighted by molar-refractivity contribution is 7.89. The Kier molecular flexibility index (Phi) is 5.57. The number of amides is 1. The van der Waals surface area contributed by atoms with E-state index in [4.69, 9.17) is 16.3 Å². The summed E-state index contributed by atoms with van der Waals surface area (Å²) in [4.78, 5) is 13.6. The van der Waals surface area contributed by atoms with Gasteiger partial charge in [0.2, 0.25) is 10.0 Å². The van der Waals surface area contributed by atoms with Crippen molar-refractivity contribution in [3.63, 3.8) is 0 Å². The van der Waals surface area contributed by atoms with Crippen molar-refractivity contribution >= 4 is 33.2 Å². The molecular weight excluding hydrogens is 383 g/mol. The largest absolute Gasteiger partial charge is 0.365 e. The molecule has 0 radical (unpaired) electrons. The number of hydrogen-bond donors (Lipinski definition) is 1. The van der Waals surface area contributed by atoms with Gasteiger partial charge in [-0.25, -0.2) is 17.5 Å². The molecule has 1 N–H and O–H groups in total. The number of carbonyl (C=O) groups is 1. The van der Waals surface area contributed by atoms with Gasteiger partial charge in [-0.15, -0.1) is 0 Å². The van der Waals surface area contributed by atoms with Gasteiger partial charge in [-0.1, -0.05) is 11.6 Å². The second-order valence-corrected chi connectivity index (χ2v) is 7.92. The SMILES string of the molecule is O=C1COC(CNS(=O)(=O)c2ccc(F)cc2)CN1c1ccc(Cl)cc1. The topological polar surface area (TPSA) is 75.7 Å². The van der Waals surface area contributed by atoms with Crippen LogP contribution in [0, 0.1) is 5.82 Å². The summed E-state index contributed by atoms with van der Waals surface area (Å²) in [5.74, 6) is -0.735. The average Bonchev–Trinajstić information content (AvgIpc) is 2.62. The molecular formula is C17H16ClFN2O4S. The molecule has 0 spiro atoms. The minimum Gasteiger partial charge on any atom is -0.365 e. The molecule has 0 saturated carbocycles. The summed E-state index contributed by atoms with van der Waals surface area (Å²) in [6.07, 6.45) is -0.515. The molecule has 1 heterocycles. The summed E-state index contributed by atoms with van der Waals surface area (Å²) in [6, 6.07) is 11.3. The van der Waals surface area contributed by atoms with E-state index in [-0.39, 0.29) is 30.5 Å². The van der Waals surface area contributed by atoms with Crippen molar-refractivity contribution < 1.29 is 22.3 Å². The van der Waals surface area contributed by atoms with E-state index >= 15 is 0 Å². The van der Waals surface area contributed by atoms with Crippen LogP contribution in [0.1, 0.15) is 0 Å². The van der Waals surface area contributed by atoms with E-state index in [0.717, 1.165) is 12.1 Å². The zero-order valence-electron chi connectivity index (χ0n) is 13.6. The summed E-state index contributed by atoms with van der Waals surface area (Å²) in [5.41, 5.74) is 0.661. The molecule has 1 fully saturated rings. The number of anilines is 1. The van der Waals surface area contributed by atoms with Crippen LogP contribution in [0.5, 0.6) is 0 Å². The molecule has 3 rings (SSSR count). The molecule has 2 aromatic rings. The normalized spacial score (nSPS) is 18.2. The quantitative estimate of drug-likeness (QED) is 0.837. The lowest BCUT2D eigenvalue weighted by atomic mass is 10.2. The number of nitrogens with zero attached hydrogens (tertiary/aromatic N) is 1. The van der Waals surface area contributed by atoms with Gasteiger partial charge in [0.1, 0.15) is 12.4 Å². The summed E-state index contributed by atoms with van der Waals surface area (Å²) < 4.78 is 45.3. The van der Waals surface area contributed by atoms with Crippen LogP contribution in [-0.4, -0.2) is 40.1 Å². The Morgan fingerprint density at radius 2 is 1.81 bits per heavy atom. The highest BCUT2D eigenvalue weighted by Gasteiger charge is 2.28. The molecule has 1 unspecified atom stereocenters. The van der Waals surface area contributed by atoms with Crippen molar-refractivity contribution in [2.45, 2.75) is 11.0 Å². The predicted octanol–water partition coefficient (Wildman–Crippen LogP) is 2.19. The van der Waals surface area contributed by atoms with Crippen molar-refractivity contribution in [1.82, 2.24) is 4.72 Å². The summed E-state index contributed by atoms with van der Waals surface area (Å²) in [7, 11) is -3.80. The van der Waals surface area contributed by atoms with Crippen LogP contribution in [-0.2, 0) is 19.6 Å². The number of ether oxygens (including phenoxy) is 1. The van der Waals surface area contributed by atoms with Gasteiger partial charge in [-0.05, 0) is 48.5 Å². The van der Waals surface area contributed by atoms with E-state index < -0.39 is 21.9 Å². The van der Waals surface area contributed by atoms with Crippen molar-refractivity contribution in [3.8, 4) is 0 Å². The predicted molar refractivity (Wildman–Crippen MR) is 95.1 cm³/mol. The number of halogens is 2. The lowest BCUT2D eigenvalue weighted by molar-refractivity contribution is -0.129.